The molecule has 6 heteroatoms. The molecular weight excluding hydrogens is 304 g/mol. The molecular formula is C18H18N4O2. The number of benzene rings is 2. The van der Waals surface area contributed by atoms with Crippen LogP contribution in [0.15, 0.2) is 61.2 Å². The summed E-state index contributed by atoms with van der Waals surface area (Å²) in [5.74, 6) is 0.638. The Bertz CT molecular complexity index is 781. The van der Waals surface area contributed by atoms with Crippen LogP contribution in [0.1, 0.15) is 22.8 Å². The van der Waals surface area contributed by atoms with E-state index in [-0.39, 0.29) is 5.91 Å². The molecule has 6 nitrogen and oxygen atoms in total. The van der Waals surface area contributed by atoms with E-state index in [0.717, 1.165) is 17.0 Å². The molecule has 0 spiro atoms. The lowest BCUT2D eigenvalue weighted by Crippen LogP contribution is -2.12. The summed E-state index contributed by atoms with van der Waals surface area (Å²) in [7, 11) is 0. The topological polar surface area (TPSA) is 69.0 Å². The van der Waals surface area contributed by atoms with Gasteiger partial charge in [-0.05, 0) is 48.9 Å². The number of ether oxygens (including phenoxy) is 1. The molecule has 2 aromatic carbocycles. The minimum absolute atomic E-state index is 0.147. The van der Waals surface area contributed by atoms with E-state index in [4.69, 9.17) is 4.74 Å². The maximum absolute atomic E-state index is 12.3. The van der Waals surface area contributed by atoms with Crippen LogP contribution in [0.4, 0.5) is 5.69 Å². The Hall–Kier alpha value is -3.15. The van der Waals surface area contributed by atoms with Crippen molar-refractivity contribution in [2.45, 2.75) is 13.5 Å². The zero-order valence-corrected chi connectivity index (χ0v) is 13.3. The lowest BCUT2D eigenvalue weighted by Gasteiger charge is -2.08. The fourth-order valence-electron chi connectivity index (χ4n) is 2.27. The second-order valence-electron chi connectivity index (χ2n) is 5.20. The molecule has 0 bridgehead atoms. The first kappa shape index (κ1) is 15.7. The predicted octanol–water partition coefficient (Wildman–Crippen LogP) is 2.98. The standard InChI is InChI=1S/C18H18N4O2/c1-2-24-17-9-7-16(8-10-17)21-18(23)15-5-3-14(4-6-15)11-22-13-19-12-20-22/h3-10,12-13H,2,11H2,1H3,(H,21,23). The van der Waals surface area contributed by atoms with E-state index >= 15 is 0 Å². The molecule has 0 fully saturated rings. The smallest absolute Gasteiger partial charge is 0.255 e. The summed E-state index contributed by atoms with van der Waals surface area (Å²) in [4.78, 5) is 16.2. The Kier molecular flexibility index (Phi) is 4.86. The van der Waals surface area contributed by atoms with Gasteiger partial charge in [0, 0.05) is 11.3 Å². The quantitative estimate of drug-likeness (QED) is 0.757. The molecule has 1 N–H and O–H groups in total. The zero-order chi connectivity index (χ0) is 16.8. The Labute approximate surface area is 140 Å². The van der Waals surface area contributed by atoms with Gasteiger partial charge in [0.1, 0.15) is 18.4 Å². The van der Waals surface area contributed by atoms with Gasteiger partial charge in [-0.25, -0.2) is 9.67 Å². The van der Waals surface area contributed by atoms with E-state index in [1.807, 2.05) is 43.3 Å². The van der Waals surface area contributed by atoms with E-state index in [1.54, 1.807) is 23.1 Å². The molecule has 24 heavy (non-hydrogen) atoms. The van der Waals surface area contributed by atoms with Crippen LogP contribution >= 0.6 is 0 Å². The number of aromatic nitrogens is 3. The van der Waals surface area contributed by atoms with Crippen molar-refractivity contribution < 1.29 is 9.53 Å². The molecule has 0 atom stereocenters. The van der Waals surface area contributed by atoms with Crippen LogP contribution in [0.25, 0.3) is 0 Å². The Morgan fingerprint density at radius 1 is 1.12 bits per heavy atom. The number of carbonyl (C=O) groups is 1. The first-order valence-corrected chi connectivity index (χ1v) is 7.70. The fraction of sp³-hybridized carbons (Fsp3) is 0.167. The van der Waals surface area contributed by atoms with Gasteiger partial charge >= 0.3 is 0 Å². The number of carbonyl (C=O) groups excluding carboxylic acids is 1. The van der Waals surface area contributed by atoms with E-state index in [1.165, 1.54) is 6.33 Å². The van der Waals surface area contributed by atoms with Crippen LogP contribution in [0.3, 0.4) is 0 Å². The van der Waals surface area contributed by atoms with Crippen LogP contribution in [0, 0.1) is 0 Å². The molecule has 1 aromatic heterocycles. The second kappa shape index (κ2) is 7.41. The molecule has 0 radical (unpaired) electrons. The van der Waals surface area contributed by atoms with Gasteiger partial charge in [0.15, 0.2) is 0 Å². The van der Waals surface area contributed by atoms with Gasteiger partial charge < -0.3 is 10.1 Å². The summed E-state index contributed by atoms with van der Waals surface area (Å²) in [6, 6.07) is 14.7. The number of anilines is 1. The van der Waals surface area contributed by atoms with E-state index in [0.29, 0.717) is 18.7 Å². The number of amides is 1. The van der Waals surface area contributed by atoms with Crippen molar-refractivity contribution in [1.82, 2.24) is 14.8 Å². The zero-order valence-electron chi connectivity index (χ0n) is 13.3. The molecule has 122 valence electrons. The van der Waals surface area contributed by atoms with Crippen molar-refractivity contribution in [2.75, 3.05) is 11.9 Å². The van der Waals surface area contributed by atoms with Gasteiger partial charge in [0.2, 0.25) is 0 Å². The molecule has 3 rings (SSSR count). The number of hydrogen-bond acceptors (Lipinski definition) is 4. The molecule has 0 unspecified atom stereocenters. The highest BCUT2D eigenvalue weighted by Crippen LogP contribution is 2.16. The SMILES string of the molecule is CCOc1ccc(NC(=O)c2ccc(Cn3cncn3)cc2)cc1. The first-order valence-electron chi connectivity index (χ1n) is 7.70. The lowest BCUT2D eigenvalue weighted by molar-refractivity contribution is 0.102. The van der Waals surface area contributed by atoms with E-state index < -0.39 is 0 Å². The number of rotatable bonds is 6. The maximum Gasteiger partial charge on any atom is 0.255 e. The Morgan fingerprint density at radius 2 is 1.88 bits per heavy atom. The molecule has 0 saturated carbocycles. The number of nitrogens with one attached hydrogen (secondary N) is 1. The molecule has 1 heterocycles. The van der Waals surface area contributed by atoms with Gasteiger partial charge in [-0.2, -0.15) is 5.10 Å². The third kappa shape index (κ3) is 3.98. The van der Waals surface area contributed by atoms with Crippen molar-refractivity contribution in [3.05, 3.63) is 72.3 Å². The molecule has 3 aromatic rings. The van der Waals surface area contributed by atoms with Crippen LogP contribution < -0.4 is 10.1 Å². The van der Waals surface area contributed by atoms with E-state index in [2.05, 4.69) is 15.4 Å². The fourth-order valence-corrected chi connectivity index (χ4v) is 2.27. The maximum atomic E-state index is 12.3. The number of nitrogens with zero attached hydrogens (tertiary/aromatic N) is 3. The summed E-state index contributed by atoms with van der Waals surface area (Å²) in [6.45, 7) is 3.18. The van der Waals surface area contributed by atoms with Crippen molar-refractivity contribution in [1.29, 1.82) is 0 Å². The molecule has 0 saturated heterocycles. The Balaban J connectivity index is 1.62. The van der Waals surface area contributed by atoms with Crippen molar-refractivity contribution in [3.8, 4) is 5.75 Å². The van der Waals surface area contributed by atoms with Crippen molar-refractivity contribution >= 4 is 11.6 Å². The molecule has 1 amide bonds. The number of hydrogen-bond donors (Lipinski definition) is 1. The van der Waals surface area contributed by atoms with Gasteiger partial charge in [-0.15, -0.1) is 0 Å². The predicted molar refractivity (Wildman–Crippen MR) is 91.1 cm³/mol. The minimum atomic E-state index is -0.147. The summed E-state index contributed by atoms with van der Waals surface area (Å²) in [5.41, 5.74) is 2.39. The van der Waals surface area contributed by atoms with E-state index in [9.17, 15) is 4.79 Å². The van der Waals surface area contributed by atoms with Crippen LogP contribution in [0.2, 0.25) is 0 Å². The monoisotopic (exact) mass is 322 g/mol. The van der Waals surface area contributed by atoms with Gasteiger partial charge in [0.25, 0.3) is 5.91 Å². The molecule has 0 aliphatic rings. The third-order valence-electron chi connectivity index (χ3n) is 3.45. The highest BCUT2D eigenvalue weighted by molar-refractivity contribution is 6.04. The highest BCUT2D eigenvalue weighted by Gasteiger charge is 2.06. The average Bonchev–Trinajstić information content (AvgIpc) is 3.10. The first-order chi connectivity index (χ1) is 11.7. The van der Waals surface area contributed by atoms with Crippen LogP contribution in [-0.4, -0.2) is 27.3 Å². The normalized spacial score (nSPS) is 10.4. The summed E-state index contributed by atoms with van der Waals surface area (Å²) in [5, 5.41) is 6.93. The van der Waals surface area contributed by atoms with Gasteiger partial charge in [-0.3, -0.25) is 4.79 Å². The highest BCUT2D eigenvalue weighted by atomic mass is 16.5. The second-order valence-corrected chi connectivity index (χ2v) is 5.20. The molecule has 0 aliphatic carbocycles. The van der Waals surface area contributed by atoms with Crippen molar-refractivity contribution in [3.63, 3.8) is 0 Å². The van der Waals surface area contributed by atoms with Crippen LogP contribution in [0.5, 0.6) is 5.75 Å². The minimum Gasteiger partial charge on any atom is -0.494 e. The van der Waals surface area contributed by atoms with Gasteiger partial charge in [-0.1, -0.05) is 12.1 Å². The summed E-state index contributed by atoms with van der Waals surface area (Å²) >= 11 is 0. The van der Waals surface area contributed by atoms with Crippen molar-refractivity contribution in [2.24, 2.45) is 0 Å². The summed E-state index contributed by atoms with van der Waals surface area (Å²) < 4.78 is 7.11. The molecule has 0 aliphatic heterocycles. The summed E-state index contributed by atoms with van der Waals surface area (Å²) in [6.07, 6.45) is 3.16. The van der Waals surface area contributed by atoms with Gasteiger partial charge in [0.05, 0.1) is 13.2 Å². The third-order valence-corrected chi connectivity index (χ3v) is 3.45. The lowest BCUT2D eigenvalue weighted by atomic mass is 10.1. The van der Waals surface area contributed by atoms with Crippen LogP contribution in [-0.2, 0) is 6.54 Å². The Morgan fingerprint density at radius 3 is 2.50 bits per heavy atom. The average molecular weight is 322 g/mol. The largest absolute Gasteiger partial charge is 0.494 e.